The molecule has 6 heavy (non-hydrogen) atoms. The van der Waals surface area contributed by atoms with Crippen molar-refractivity contribution in [1.29, 1.82) is 0 Å². The van der Waals surface area contributed by atoms with Crippen LogP contribution in [-0.4, -0.2) is 5.88 Å². The second-order valence-corrected chi connectivity index (χ2v) is 1.36. The number of alkyl halides is 1. The van der Waals surface area contributed by atoms with E-state index in [1.165, 1.54) is 0 Å². The molecule has 0 nitrogen and oxygen atoms in total. The van der Waals surface area contributed by atoms with Crippen LogP contribution in [0.5, 0.6) is 0 Å². The minimum absolute atomic E-state index is 0. The van der Waals surface area contributed by atoms with E-state index in [0.717, 1.165) is 5.57 Å². The molecule has 2 heteroatoms. The molecule has 0 heterocycles. The third-order valence-corrected chi connectivity index (χ3v) is 0.684. The number of hydrogen-bond donors (Lipinski definition) is 0. The average molecular weight is 127 g/mol. The summed E-state index contributed by atoms with van der Waals surface area (Å²) < 4.78 is 0. The Morgan fingerprint density at radius 1 is 1.83 bits per heavy atom. The molecule has 0 atom stereocenters. The highest BCUT2D eigenvalue weighted by molar-refractivity contribution is 6.19. The van der Waals surface area contributed by atoms with Gasteiger partial charge >= 0.3 is 0 Å². The molecule has 0 amide bonds. The molecule has 0 saturated heterocycles. The quantitative estimate of drug-likeness (QED) is 0.374. The first-order valence-corrected chi connectivity index (χ1v) is 2.01. The molecule has 38 valence electrons. The third-order valence-electron chi connectivity index (χ3n) is 0.228. The van der Waals surface area contributed by atoms with Crippen molar-refractivity contribution in [1.82, 2.24) is 0 Å². The summed E-state index contributed by atoms with van der Waals surface area (Å²) in [6, 6.07) is 0. The highest BCUT2D eigenvalue weighted by atomic mass is 35.5. The fourth-order valence-electron chi connectivity index (χ4n) is 0. The van der Waals surface area contributed by atoms with E-state index in [-0.39, 0.29) is 12.4 Å². The van der Waals surface area contributed by atoms with Crippen molar-refractivity contribution >= 4 is 24.0 Å². The molecule has 0 aromatic rings. The first-order chi connectivity index (χ1) is 2.27. The van der Waals surface area contributed by atoms with Crippen LogP contribution in [0, 0.1) is 0 Å². The number of rotatable bonds is 1. The van der Waals surface area contributed by atoms with E-state index >= 15 is 0 Å². The van der Waals surface area contributed by atoms with Gasteiger partial charge in [-0.25, -0.2) is 0 Å². The van der Waals surface area contributed by atoms with Crippen molar-refractivity contribution < 1.29 is 0 Å². The van der Waals surface area contributed by atoms with Crippen LogP contribution < -0.4 is 0 Å². The summed E-state index contributed by atoms with van der Waals surface area (Å²) in [4.78, 5) is 0. The van der Waals surface area contributed by atoms with Crippen molar-refractivity contribution in [2.75, 3.05) is 5.88 Å². The van der Waals surface area contributed by atoms with Gasteiger partial charge in [-0.1, -0.05) is 12.2 Å². The Hall–Kier alpha value is 0.320. The second-order valence-electron chi connectivity index (χ2n) is 1.09. The van der Waals surface area contributed by atoms with E-state index in [0.29, 0.717) is 5.88 Å². The second kappa shape index (κ2) is 5.32. The van der Waals surface area contributed by atoms with E-state index in [1.54, 1.807) is 0 Å². The Balaban J connectivity index is 0. The Kier molecular flexibility index (Phi) is 8.50. The van der Waals surface area contributed by atoms with E-state index in [2.05, 4.69) is 6.58 Å². The summed E-state index contributed by atoms with van der Waals surface area (Å²) in [6.07, 6.45) is 0. The topological polar surface area (TPSA) is 0 Å². The summed E-state index contributed by atoms with van der Waals surface area (Å²) in [7, 11) is 0. The highest BCUT2D eigenvalue weighted by Gasteiger charge is 1.70. The number of hydrogen-bond acceptors (Lipinski definition) is 0. The molecule has 0 saturated carbocycles. The minimum Gasteiger partial charge on any atom is -0.147 e. The lowest BCUT2D eigenvalue weighted by Gasteiger charge is -1.77. The van der Waals surface area contributed by atoms with Crippen LogP contribution in [-0.2, 0) is 0 Å². The molecule has 0 aliphatic carbocycles. The standard InChI is InChI=1S/C4H7Cl.ClH/c1-4(2)3-5;/h1,3H2,2H3;1H. The molecule has 0 fully saturated rings. The normalized spacial score (nSPS) is 6.33. The van der Waals surface area contributed by atoms with Crippen molar-refractivity contribution in [2.45, 2.75) is 6.92 Å². The molecular formula is C4H8Cl2. The molecular weight excluding hydrogens is 119 g/mol. The highest BCUT2D eigenvalue weighted by Crippen LogP contribution is 1.86. The van der Waals surface area contributed by atoms with Crippen molar-refractivity contribution in [3.05, 3.63) is 12.2 Å². The third kappa shape index (κ3) is 8.85. The lowest BCUT2D eigenvalue weighted by Crippen LogP contribution is -1.65. The monoisotopic (exact) mass is 126 g/mol. The average Bonchev–Trinajstić information content (AvgIpc) is 1.38. The molecule has 0 spiro atoms. The van der Waals surface area contributed by atoms with Crippen LogP contribution in [0.25, 0.3) is 0 Å². The molecule has 0 aromatic carbocycles. The maximum Gasteiger partial charge on any atom is 0.0428 e. The van der Waals surface area contributed by atoms with Crippen molar-refractivity contribution in [3.8, 4) is 0 Å². The molecule has 0 radical (unpaired) electrons. The molecule has 0 N–H and O–H groups in total. The summed E-state index contributed by atoms with van der Waals surface area (Å²) in [6.45, 7) is 5.44. The van der Waals surface area contributed by atoms with E-state index in [9.17, 15) is 0 Å². The maximum atomic E-state index is 5.24. The predicted octanol–water partition coefficient (Wildman–Crippen LogP) is 2.22. The Morgan fingerprint density at radius 3 is 2.00 bits per heavy atom. The van der Waals surface area contributed by atoms with Crippen LogP contribution in [0.2, 0.25) is 0 Å². The number of halogens is 2. The molecule has 0 aliphatic heterocycles. The first kappa shape index (κ1) is 9.58. The maximum absolute atomic E-state index is 5.24. The van der Waals surface area contributed by atoms with E-state index < -0.39 is 0 Å². The summed E-state index contributed by atoms with van der Waals surface area (Å²) in [5.74, 6) is 0.583. The minimum atomic E-state index is 0. The van der Waals surface area contributed by atoms with Crippen LogP contribution in [0.4, 0.5) is 0 Å². The fraction of sp³-hybridized carbons (Fsp3) is 0.500. The Labute approximate surface area is 49.6 Å². The van der Waals surface area contributed by atoms with Crippen molar-refractivity contribution in [2.24, 2.45) is 0 Å². The van der Waals surface area contributed by atoms with Gasteiger partial charge in [0.1, 0.15) is 0 Å². The summed E-state index contributed by atoms with van der Waals surface area (Å²) in [5.41, 5.74) is 1.02. The lowest BCUT2D eigenvalue weighted by atomic mass is 10.4. The Morgan fingerprint density at radius 2 is 2.00 bits per heavy atom. The van der Waals surface area contributed by atoms with E-state index in [4.69, 9.17) is 11.6 Å². The molecule has 0 unspecified atom stereocenters. The SMILES string of the molecule is C=C(C)CCl.Cl. The largest absolute Gasteiger partial charge is 0.147 e. The molecule has 0 aliphatic rings. The van der Waals surface area contributed by atoms with Crippen molar-refractivity contribution in [3.63, 3.8) is 0 Å². The van der Waals surface area contributed by atoms with Gasteiger partial charge in [-0.2, -0.15) is 0 Å². The molecule has 0 bridgehead atoms. The zero-order valence-corrected chi connectivity index (χ0v) is 5.27. The summed E-state index contributed by atoms with van der Waals surface area (Å²) in [5, 5.41) is 0. The van der Waals surface area contributed by atoms with Crippen LogP contribution in [0.3, 0.4) is 0 Å². The van der Waals surface area contributed by atoms with Crippen LogP contribution in [0.15, 0.2) is 12.2 Å². The van der Waals surface area contributed by atoms with Gasteiger partial charge in [-0.05, 0) is 6.92 Å². The van der Waals surface area contributed by atoms with Gasteiger partial charge in [0.05, 0.1) is 0 Å². The van der Waals surface area contributed by atoms with Gasteiger partial charge in [0.2, 0.25) is 0 Å². The molecule has 0 aromatic heterocycles. The Bertz CT molecular complexity index is 40.8. The van der Waals surface area contributed by atoms with E-state index in [1.807, 2.05) is 6.92 Å². The predicted molar refractivity (Wildman–Crippen MR) is 32.8 cm³/mol. The first-order valence-electron chi connectivity index (χ1n) is 1.47. The fourth-order valence-corrected chi connectivity index (χ4v) is 0. The molecule has 0 rings (SSSR count). The van der Waals surface area contributed by atoms with Gasteiger partial charge in [0.25, 0.3) is 0 Å². The zero-order chi connectivity index (χ0) is 4.28. The van der Waals surface area contributed by atoms with Crippen LogP contribution in [0.1, 0.15) is 6.92 Å². The lowest BCUT2D eigenvalue weighted by molar-refractivity contribution is 1.43. The smallest absolute Gasteiger partial charge is 0.0428 e. The van der Waals surface area contributed by atoms with Gasteiger partial charge in [-0.3, -0.25) is 0 Å². The van der Waals surface area contributed by atoms with Gasteiger partial charge in [0.15, 0.2) is 0 Å². The zero-order valence-electron chi connectivity index (χ0n) is 3.70. The van der Waals surface area contributed by atoms with Gasteiger partial charge in [-0.15, -0.1) is 24.0 Å². The summed E-state index contributed by atoms with van der Waals surface area (Å²) >= 11 is 5.24. The van der Waals surface area contributed by atoms with Gasteiger partial charge < -0.3 is 0 Å². The van der Waals surface area contributed by atoms with Crippen LogP contribution >= 0.6 is 24.0 Å². The van der Waals surface area contributed by atoms with Gasteiger partial charge in [0, 0.05) is 5.88 Å². The number of allylic oxidation sites excluding steroid dienone is 1.